The van der Waals surface area contributed by atoms with Gasteiger partial charge in [0.2, 0.25) is 5.91 Å². The number of ether oxygens (including phenoxy) is 1. The normalized spacial score (nSPS) is 12.4. The van der Waals surface area contributed by atoms with Crippen LogP contribution in [0.1, 0.15) is 70.3 Å². The highest BCUT2D eigenvalue weighted by Gasteiger charge is 2.08. The molecule has 0 bridgehead atoms. The SMILES string of the molecule is CCCCCCC[C@H](C/C=C/CCC(=O)N(C)CCc1ccccc1)OC. The number of rotatable bonds is 15. The van der Waals surface area contributed by atoms with Crippen molar-refractivity contribution in [1.82, 2.24) is 4.90 Å². The first-order chi connectivity index (χ1) is 13.2. The first kappa shape index (κ1) is 23.4. The lowest BCUT2D eigenvalue weighted by atomic mass is 10.1. The smallest absolute Gasteiger partial charge is 0.222 e. The van der Waals surface area contributed by atoms with E-state index in [4.69, 9.17) is 4.74 Å². The van der Waals surface area contributed by atoms with Crippen LogP contribution in [0.2, 0.25) is 0 Å². The molecule has 1 atom stereocenters. The molecule has 1 amide bonds. The van der Waals surface area contributed by atoms with Crippen LogP contribution in [0.15, 0.2) is 42.5 Å². The zero-order valence-electron chi connectivity index (χ0n) is 17.7. The largest absolute Gasteiger partial charge is 0.381 e. The lowest BCUT2D eigenvalue weighted by molar-refractivity contribution is -0.129. The molecule has 0 radical (unpaired) electrons. The van der Waals surface area contributed by atoms with Crippen molar-refractivity contribution < 1.29 is 9.53 Å². The second-order valence-electron chi connectivity index (χ2n) is 7.36. The van der Waals surface area contributed by atoms with Crippen molar-refractivity contribution in [2.75, 3.05) is 20.7 Å². The van der Waals surface area contributed by atoms with Crippen molar-refractivity contribution in [1.29, 1.82) is 0 Å². The van der Waals surface area contributed by atoms with Gasteiger partial charge >= 0.3 is 0 Å². The van der Waals surface area contributed by atoms with Crippen LogP contribution in [-0.2, 0) is 16.0 Å². The second kappa shape index (κ2) is 15.4. The highest BCUT2D eigenvalue weighted by molar-refractivity contribution is 5.76. The van der Waals surface area contributed by atoms with E-state index in [2.05, 4.69) is 31.2 Å². The van der Waals surface area contributed by atoms with Gasteiger partial charge in [0, 0.05) is 27.1 Å². The van der Waals surface area contributed by atoms with E-state index in [-0.39, 0.29) is 5.91 Å². The quantitative estimate of drug-likeness (QED) is 0.288. The number of methoxy groups -OCH3 is 1. The van der Waals surface area contributed by atoms with E-state index in [1.54, 1.807) is 7.11 Å². The van der Waals surface area contributed by atoms with E-state index in [0.29, 0.717) is 12.5 Å². The summed E-state index contributed by atoms with van der Waals surface area (Å²) in [5.41, 5.74) is 1.28. The molecule has 3 nitrogen and oxygen atoms in total. The zero-order valence-corrected chi connectivity index (χ0v) is 17.7. The summed E-state index contributed by atoms with van der Waals surface area (Å²) in [6, 6.07) is 10.3. The molecule has 152 valence electrons. The number of nitrogens with zero attached hydrogens (tertiary/aromatic N) is 1. The van der Waals surface area contributed by atoms with E-state index >= 15 is 0 Å². The van der Waals surface area contributed by atoms with Gasteiger partial charge < -0.3 is 9.64 Å². The van der Waals surface area contributed by atoms with E-state index in [9.17, 15) is 4.79 Å². The molecule has 0 heterocycles. The molecule has 0 saturated heterocycles. The summed E-state index contributed by atoms with van der Waals surface area (Å²) >= 11 is 0. The predicted octanol–water partition coefficient (Wildman–Crippen LogP) is 5.79. The summed E-state index contributed by atoms with van der Waals surface area (Å²) in [6.07, 6.45) is 15.5. The number of likely N-dealkylation sites (N-methyl/N-ethyl adjacent to an activating group) is 1. The van der Waals surface area contributed by atoms with Crippen molar-refractivity contribution in [2.24, 2.45) is 0 Å². The first-order valence-electron chi connectivity index (χ1n) is 10.6. The van der Waals surface area contributed by atoms with E-state index in [1.165, 1.54) is 37.7 Å². The van der Waals surface area contributed by atoms with Gasteiger partial charge in [0.05, 0.1) is 6.10 Å². The van der Waals surface area contributed by atoms with Crippen LogP contribution in [-0.4, -0.2) is 37.6 Å². The Morgan fingerprint density at radius 3 is 2.56 bits per heavy atom. The van der Waals surface area contributed by atoms with Crippen molar-refractivity contribution in [2.45, 2.75) is 77.2 Å². The Morgan fingerprint density at radius 2 is 1.85 bits per heavy atom. The van der Waals surface area contributed by atoms with Crippen molar-refractivity contribution >= 4 is 5.91 Å². The van der Waals surface area contributed by atoms with Gasteiger partial charge in [-0.3, -0.25) is 4.79 Å². The van der Waals surface area contributed by atoms with Gasteiger partial charge in [-0.1, -0.05) is 81.5 Å². The number of hydrogen-bond acceptors (Lipinski definition) is 2. The fourth-order valence-electron chi connectivity index (χ4n) is 3.14. The van der Waals surface area contributed by atoms with E-state index in [0.717, 1.165) is 32.2 Å². The van der Waals surface area contributed by atoms with Crippen molar-refractivity contribution in [3.8, 4) is 0 Å². The number of amides is 1. The molecule has 27 heavy (non-hydrogen) atoms. The van der Waals surface area contributed by atoms with E-state index in [1.807, 2.05) is 30.1 Å². The lowest BCUT2D eigenvalue weighted by Crippen LogP contribution is -2.28. The number of unbranched alkanes of at least 4 members (excludes halogenated alkanes) is 4. The Labute approximate surface area is 166 Å². The molecular weight excluding hydrogens is 334 g/mol. The molecule has 0 saturated carbocycles. The Morgan fingerprint density at radius 1 is 1.11 bits per heavy atom. The van der Waals surface area contributed by atoms with Crippen molar-refractivity contribution in [3.63, 3.8) is 0 Å². The molecule has 0 aliphatic heterocycles. The van der Waals surface area contributed by atoms with Gasteiger partial charge in [0.1, 0.15) is 0 Å². The number of benzene rings is 1. The summed E-state index contributed by atoms with van der Waals surface area (Å²) in [5.74, 6) is 0.217. The van der Waals surface area contributed by atoms with Gasteiger partial charge in [-0.25, -0.2) is 0 Å². The first-order valence-corrected chi connectivity index (χ1v) is 10.6. The Hall–Kier alpha value is -1.61. The average Bonchev–Trinajstić information content (AvgIpc) is 2.70. The van der Waals surface area contributed by atoms with Gasteiger partial charge in [0.15, 0.2) is 0 Å². The topological polar surface area (TPSA) is 29.5 Å². The monoisotopic (exact) mass is 373 g/mol. The molecule has 0 N–H and O–H groups in total. The maximum atomic E-state index is 12.2. The average molecular weight is 374 g/mol. The summed E-state index contributed by atoms with van der Waals surface area (Å²) < 4.78 is 5.57. The third kappa shape index (κ3) is 11.7. The molecule has 0 fully saturated rings. The fourth-order valence-corrected chi connectivity index (χ4v) is 3.14. The minimum absolute atomic E-state index is 0.217. The Kier molecular flexibility index (Phi) is 13.4. The molecular formula is C24H39NO2. The second-order valence-corrected chi connectivity index (χ2v) is 7.36. The third-order valence-electron chi connectivity index (χ3n) is 5.06. The van der Waals surface area contributed by atoms with Crippen LogP contribution in [0.5, 0.6) is 0 Å². The van der Waals surface area contributed by atoms with Crippen LogP contribution >= 0.6 is 0 Å². The van der Waals surface area contributed by atoms with Gasteiger partial charge in [-0.2, -0.15) is 0 Å². The highest BCUT2D eigenvalue weighted by Crippen LogP contribution is 2.12. The fraction of sp³-hybridized carbons (Fsp3) is 0.625. The minimum Gasteiger partial charge on any atom is -0.381 e. The van der Waals surface area contributed by atoms with Crippen LogP contribution < -0.4 is 0 Å². The molecule has 1 aromatic rings. The van der Waals surface area contributed by atoms with Crippen LogP contribution in [0.3, 0.4) is 0 Å². The van der Waals surface area contributed by atoms with Crippen molar-refractivity contribution in [3.05, 3.63) is 48.0 Å². The summed E-state index contributed by atoms with van der Waals surface area (Å²) in [5, 5.41) is 0. The van der Waals surface area contributed by atoms with Crippen LogP contribution in [0, 0.1) is 0 Å². The maximum Gasteiger partial charge on any atom is 0.222 e. The Balaban J connectivity index is 2.13. The van der Waals surface area contributed by atoms with Gasteiger partial charge in [-0.05, 0) is 31.2 Å². The molecule has 0 aromatic heterocycles. The minimum atomic E-state index is 0.217. The standard InChI is InChI=1S/C24H39NO2/c1-4-5-6-7-12-17-23(27-3)18-13-9-14-19-24(26)25(2)21-20-22-15-10-8-11-16-22/h8-11,13,15-16,23H,4-7,12,14,17-21H2,1-3H3/b13-9+/t23-/m1/s1. The summed E-state index contributed by atoms with van der Waals surface area (Å²) in [7, 11) is 3.70. The summed E-state index contributed by atoms with van der Waals surface area (Å²) in [6.45, 7) is 3.02. The predicted molar refractivity (Wildman–Crippen MR) is 115 cm³/mol. The Bertz CT molecular complexity index is 512. The molecule has 3 heteroatoms. The van der Waals surface area contributed by atoms with Gasteiger partial charge in [-0.15, -0.1) is 0 Å². The molecule has 0 unspecified atom stereocenters. The molecule has 1 aromatic carbocycles. The molecule has 0 aliphatic rings. The summed E-state index contributed by atoms with van der Waals surface area (Å²) in [4.78, 5) is 14.1. The van der Waals surface area contributed by atoms with E-state index < -0.39 is 0 Å². The number of carbonyl (C=O) groups is 1. The molecule has 0 aliphatic carbocycles. The van der Waals surface area contributed by atoms with Crippen LogP contribution in [0.4, 0.5) is 0 Å². The maximum absolute atomic E-state index is 12.2. The number of allylic oxidation sites excluding steroid dienone is 1. The zero-order chi connectivity index (χ0) is 19.7. The van der Waals surface area contributed by atoms with Crippen LogP contribution in [0.25, 0.3) is 0 Å². The number of carbonyl (C=O) groups excluding carboxylic acids is 1. The lowest BCUT2D eigenvalue weighted by Gasteiger charge is -2.16. The molecule has 0 spiro atoms. The third-order valence-corrected chi connectivity index (χ3v) is 5.06. The molecule has 1 rings (SSSR count). The van der Waals surface area contributed by atoms with Gasteiger partial charge in [0.25, 0.3) is 0 Å². The number of hydrogen-bond donors (Lipinski definition) is 0. The highest BCUT2D eigenvalue weighted by atomic mass is 16.5.